The number of fused-ring (bicyclic) bond motifs is 1. The second kappa shape index (κ2) is 5.18. The summed E-state index contributed by atoms with van der Waals surface area (Å²) >= 11 is 7.47. The van der Waals surface area contributed by atoms with Gasteiger partial charge in [0, 0.05) is 10.1 Å². The predicted molar refractivity (Wildman–Crippen MR) is 78.5 cm³/mol. The third kappa shape index (κ3) is 2.68. The lowest BCUT2D eigenvalue weighted by Gasteiger charge is -2.04. The van der Waals surface area contributed by atoms with Crippen LogP contribution in [-0.2, 0) is 11.3 Å². The number of nitrogens with one attached hydrogen (secondary N) is 2. The molecule has 2 aromatic rings. The van der Waals surface area contributed by atoms with Crippen molar-refractivity contribution in [1.82, 2.24) is 14.9 Å². The Hall–Kier alpha value is -0.890. The second-order valence-electron chi connectivity index (χ2n) is 3.63. The van der Waals surface area contributed by atoms with Gasteiger partial charge in [0.25, 0.3) is 0 Å². The lowest BCUT2D eigenvalue weighted by molar-refractivity contribution is -0.121. The van der Waals surface area contributed by atoms with Gasteiger partial charge in [-0.3, -0.25) is 4.79 Å². The molecule has 0 fully saturated rings. The fraction of sp³-hybridized carbons (Fsp3) is 0.273. The van der Waals surface area contributed by atoms with E-state index in [9.17, 15) is 4.79 Å². The minimum Gasteiger partial charge on any atom is -0.355 e. The fourth-order valence-corrected chi connectivity index (χ4v) is 2.45. The van der Waals surface area contributed by atoms with Crippen molar-refractivity contribution in [2.45, 2.75) is 13.5 Å². The molecule has 2 rings (SSSR count). The summed E-state index contributed by atoms with van der Waals surface area (Å²) in [4.78, 5) is 14.7. The Bertz CT molecular complexity index is 617. The summed E-state index contributed by atoms with van der Waals surface area (Å²) in [5.41, 5.74) is 1.92. The number of rotatable bonds is 3. The van der Waals surface area contributed by atoms with E-state index in [0.717, 1.165) is 14.6 Å². The molecule has 0 atom stereocenters. The fourth-order valence-electron chi connectivity index (χ4n) is 1.69. The first-order valence-corrected chi connectivity index (χ1v) is 6.75. The van der Waals surface area contributed by atoms with E-state index in [1.807, 2.05) is 29.7 Å². The molecule has 4 nitrogen and oxygen atoms in total. The maximum Gasteiger partial charge on any atom is 0.240 e. The van der Waals surface area contributed by atoms with Crippen LogP contribution in [0.15, 0.2) is 18.2 Å². The van der Waals surface area contributed by atoms with Crippen LogP contribution in [0.2, 0.25) is 0 Å². The average Bonchev–Trinajstić information content (AvgIpc) is 2.55. The number of carbonyl (C=O) groups is 1. The Morgan fingerprint density at radius 2 is 2.35 bits per heavy atom. The molecule has 0 spiro atoms. The van der Waals surface area contributed by atoms with Gasteiger partial charge in [-0.05, 0) is 59.9 Å². The number of nitrogens with zero attached hydrogens (tertiary/aromatic N) is 1. The molecular weight excluding hydrogens is 349 g/mol. The largest absolute Gasteiger partial charge is 0.355 e. The summed E-state index contributed by atoms with van der Waals surface area (Å²) < 4.78 is 3.52. The molecule has 6 heteroatoms. The van der Waals surface area contributed by atoms with Crippen LogP contribution in [0.5, 0.6) is 0 Å². The van der Waals surface area contributed by atoms with Crippen LogP contribution >= 0.6 is 34.8 Å². The lowest BCUT2D eigenvalue weighted by Crippen LogP contribution is -2.27. The van der Waals surface area contributed by atoms with Gasteiger partial charge in [-0.1, -0.05) is 0 Å². The number of likely N-dealkylation sites (N-methyl/N-ethyl adjacent to an activating group) is 1. The van der Waals surface area contributed by atoms with Gasteiger partial charge in [0.05, 0.1) is 11.0 Å². The van der Waals surface area contributed by atoms with E-state index in [1.54, 1.807) is 0 Å². The Morgan fingerprint density at radius 3 is 3.06 bits per heavy atom. The van der Waals surface area contributed by atoms with Crippen LogP contribution in [0.1, 0.15) is 6.92 Å². The maximum atomic E-state index is 11.6. The van der Waals surface area contributed by atoms with E-state index >= 15 is 0 Å². The molecule has 1 amide bonds. The van der Waals surface area contributed by atoms with Gasteiger partial charge < -0.3 is 14.9 Å². The molecule has 17 heavy (non-hydrogen) atoms. The number of benzene rings is 1. The first-order chi connectivity index (χ1) is 8.11. The highest BCUT2D eigenvalue weighted by Gasteiger charge is 2.08. The van der Waals surface area contributed by atoms with Crippen LogP contribution in [0.25, 0.3) is 11.0 Å². The van der Waals surface area contributed by atoms with Crippen LogP contribution in [0.4, 0.5) is 0 Å². The quantitative estimate of drug-likeness (QED) is 0.652. The van der Waals surface area contributed by atoms with Crippen molar-refractivity contribution in [3.05, 3.63) is 26.5 Å². The van der Waals surface area contributed by atoms with Crippen LogP contribution in [-0.4, -0.2) is 22.0 Å². The number of aromatic amines is 1. The molecule has 0 bridgehead atoms. The Morgan fingerprint density at radius 1 is 1.59 bits per heavy atom. The number of aromatic nitrogens is 2. The summed E-state index contributed by atoms with van der Waals surface area (Å²) in [6.45, 7) is 2.79. The summed E-state index contributed by atoms with van der Waals surface area (Å²) in [6.07, 6.45) is 0. The smallest absolute Gasteiger partial charge is 0.240 e. The van der Waals surface area contributed by atoms with Gasteiger partial charge in [-0.2, -0.15) is 0 Å². The Balaban J connectivity index is 2.43. The molecule has 0 saturated heterocycles. The highest BCUT2D eigenvalue weighted by molar-refractivity contribution is 14.1. The van der Waals surface area contributed by atoms with Crippen molar-refractivity contribution < 1.29 is 4.79 Å². The van der Waals surface area contributed by atoms with Crippen LogP contribution in [0.3, 0.4) is 0 Å². The Labute approximate surface area is 118 Å². The number of hydrogen-bond donors (Lipinski definition) is 2. The molecule has 1 heterocycles. The molecule has 0 radical (unpaired) electrons. The van der Waals surface area contributed by atoms with Crippen molar-refractivity contribution in [2.24, 2.45) is 0 Å². The molecule has 2 N–H and O–H groups in total. The minimum atomic E-state index is -0.0250. The number of imidazole rings is 1. The first kappa shape index (κ1) is 12.6. The maximum absolute atomic E-state index is 11.6. The lowest BCUT2D eigenvalue weighted by atomic mass is 10.3. The molecule has 90 valence electrons. The van der Waals surface area contributed by atoms with E-state index < -0.39 is 0 Å². The third-order valence-electron chi connectivity index (χ3n) is 2.41. The van der Waals surface area contributed by atoms with Crippen molar-refractivity contribution in [1.29, 1.82) is 0 Å². The summed E-state index contributed by atoms with van der Waals surface area (Å²) in [6, 6.07) is 5.99. The average molecular weight is 361 g/mol. The SMILES string of the molecule is CCNC(=O)Cn1c(=S)[nH]c2cc(I)ccc21. The number of H-pyrrole nitrogens is 1. The summed E-state index contributed by atoms with van der Waals surface area (Å²) in [5, 5.41) is 2.77. The van der Waals surface area contributed by atoms with E-state index in [0.29, 0.717) is 11.3 Å². The summed E-state index contributed by atoms with van der Waals surface area (Å²) in [5.74, 6) is -0.0250. The van der Waals surface area contributed by atoms with Crippen molar-refractivity contribution in [3.63, 3.8) is 0 Å². The zero-order valence-electron chi connectivity index (χ0n) is 9.29. The number of carbonyl (C=O) groups excluding carboxylic acids is 1. The number of amides is 1. The van der Waals surface area contributed by atoms with Crippen LogP contribution in [0, 0.1) is 8.34 Å². The summed E-state index contributed by atoms with van der Waals surface area (Å²) in [7, 11) is 0. The monoisotopic (exact) mass is 361 g/mol. The zero-order chi connectivity index (χ0) is 12.4. The minimum absolute atomic E-state index is 0.0250. The highest BCUT2D eigenvalue weighted by atomic mass is 127. The molecule has 0 aliphatic rings. The van der Waals surface area contributed by atoms with Gasteiger partial charge in [-0.15, -0.1) is 0 Å². The predicted octanol–water partition coefficient (Wildman–Crippen LogP) is 2.44. The van der Waals surface area contributed by atoms with Gasteiger partial charge in [0.2, 0.25) is 5.91 Å². The van der Waals surface area contributed by atoms with Gasteiger partial charge in [-0.25, -0.2) is 0 Å². The molecule has 0 aliphatic carbocycles. The van der Waals surface area contributed by atoms with Crippen molar-refractivity contribution >= 4 is 51.7 Å². The van der Waals surface area contributed by atoms with E-state index in [4.69, 9.17) is 12.2 Å². The van der Waals surface area contributed by atoms with E-state index in [2.05, 4.69) is 32.9 Å². The molecular formula is C11H12IN3OS. The standard InChI is InChI=1S/C11H12IN3OS/c1-2-13-10(16)6-15-9-4-3-7(12)5-8(9)14-11(15)17/h3-5H,2,6H2,1H3,(H,13,16)(H,14,17). The molecule has 0 saturated carbocycles. The van der Waals surface area contributed by atoms with Crippen LogP contribution < -0.4 is 5.32 Å². The normalized spacial score (nSPS) is 10.7. The first-order valence-electron chi connectivity index (χ1n) is 5.26. The van der Waals surface area contributed by atoms with E-state index in [-0.39, 0.29) is 12.5 Å². The second-order valence-corrected chi connectivity index (χ2v) is 5.26. The Kier molecular flexibility index (Phi) is 3.82. The molecule has 1 aromatic heterocycles. The number of halogens is 1. The molecule has 1 aromatic carbocycles. The van der Waals surface area contributed by atoms with E-state index in [1.165, 1.54) is 0 Å². The van der Waals surface area contributed by atoms with Crippen molar-refractivity contribution in [3.8, 4) is 0 Å². The number of hydrogen-bond acceptors (Lipinski definition) is 2. The molecule has 0 aliphatic heterocycles. The highest BCUT2D eigenvalue weighted by Crippen LogP contribution is 2.17. The molecule has 0 unspecified atom stereocenters. The topological polar surface area (TPSA) is 49.8 Å². The van der Waals surface area contributed by atoms with Gasteiger partial charge in [0.1, 0.15) is 6.54 Å². The zero-order valence-corrected chi connectivity index (χ0v) is 12.3. The van der Waals surface area contributed by atoms with Crippen molar-refractivity contribution in [2.75, 3.05) is 6.54 Å². The third-order valence-corrected chi connectivity index (χ3v) is 3.41. The van der Waals surface area contributed by atoms with Gasteiger partial charge in [0.15, 0.2) is 4.77 Å². The van der Waals surface area contributed by atoms with Gasteiger partial charge >= 0.3 is 0 Å².